The van der Waals surface area contributed by atoms with E-state index in [4.69, 9.17) is 0 Å². The predicted molar refractivity (Wildman–Crippen MR) is 29.0 cm³/mol. The van der Waals surface area contributed by atoms with E-state index in [1.54, 1.807) is 0 Å². The molecule has 0 atom stereocenters. The van der Waals surface area contributed by atoms with E-state index in [2.05, 4.69) is 0 Å². The van der Waals surface area contributed by atoms with Crippen molar-refractivity contribution in [2.75, 3.05) is 0 Å². The van der Waals surface area contributed by atoms with Gasteiger partial charge in [-0.3, -0.25) is 0 Å². The van der Waals surface area contributed by atoms with E-state index in [-0.39, 0.29) is 11.8 Å². The monoisotopic (exact) mass is 220 g/mol. The van der Waals surface area contributed by atoms with Gasteiger partial charge in [-0.1, -0.05) is 0 Å². The molecule has 0 aromatic carbocycles. The van der Waals surface area contributed by atoms with Crippen LogP contribution in [0, 0.1) is 0 Å². The number of hydrogen-bond acceptors (Lipinski definition) is 2. The molecule has 0 unspecified atom stereocenters. The third kappa shape index (κ3) is 2.30. The zero-order valence-corrected chi connectivity index (χ0v) is 7.62. The Morgan fingerprint density at radius 2 is 1.50 bits per heavy atom. The van der Waals surface area contributed by atoms with Gasteiger partial charge in [-0.05, 0) is 0 Å². The molecule has 8 heavy (non-hydrogen) atoms. The quantitative estimate of drug-likeness (QED) is 0.513. The van der Waals surface area contributed by atoms with Crippen LogP contribution >= 0.6 is 0 Å². The van der Waals surface area contributed by atoms with Crippen LogP contribution in [0.5, 0.6) is 0 Å². The molecular formula is C4H6NO2Sn. The summed E-state index contributed by atoms with van der Waals surface area (Å²) < 4.78 is 1.15. The standard InChI is InChI=1S/C4H7NO2.Sn/c1-3(6)5-4(2)7;/h1-2H3,(H,5,6,7);/q;+1/p-1. The first kappa shape index (κ1) is 7.94. The van der Waals surface area contributed by atoms with Crippen molar-refractivity contribution in [3.8, 4) is 0 Å². The molecule has 0 aliphatic carbocycles. The van der Waals surface area contributed by atoms with Crippen molar-refractivity contribution in [1.82, 2.24) is 3.12 Å². The molecule has 0 spiro atoms. The van der Waals surface area contributed by atoms with E-state index < -0.39 is 0 Å². The molecule has 0 saturated carbocycles. The molecule has 0 rings (SSSR count). The molecule has 0 fully saturated rings. The van der Waals surface area contributed by atoms with Gasteiger partial charge in [-0.25, -0.2) is 0 Å². The summed E-state index contributed by atoms with van der Waals surface area (Å²) in [5.41, 5.74) is 0. The van der Waals surface area contributed by atoms with Gasteiger partial charge >= 0.3 is 61.2 Å². The van der Waals surface area contributed by atoms with Crippen molar-refractivity contribution in [2.24, 2.45) is 0 Å². The fourth-order valence-electron chi connectivity index (χ4n) is 0.222. The third-order valence-electron chi connectivity index (χ3n) is 0.630. The van der Waals surface area contributed by atoms with Gasteiger partial charge < -0.3 is 0 Å². The topological polar surface area (TPSA) is 37.4 Å². The zero-order chi connectivity index (χ0) is 6.73. The van der Waals surface area contributed by atoms with Crippen LogP contribution < -0.4 is 0 Å². The van der Waals surface area contributed by atoms with Gasteiger partial charge in [0.15, 0.2) is 0 Å². The normalized spacial score (nSPS) is 8.38. The Morgan fingerprint density at radius 1 is 1.25 bits per heavy atom. The van der Waals surface area contributed by atoms with Gasteiger partial charge in [-0.15, -0.1) is 0 Å². The molecule has 0 aliphatic heterocycles. The van der Waals surface area contributed by atoms with E-state index in [1.165, 1.54) is 13.8 Å². The van der Waals surface area contributed by atoms with Crippen molar-refractivity contribution >= 4 is 34.6 Å². The van der Waals surface area contributed by atoms with Crippen molar-refractivity contribution in [2.45, 2.75) is 13.8 Å². The Balaban J connectivity index is 3.83. The number of rotatable bonds is 0. The molecule has 3 radical (unpaired) electrons. The molecule has 43 valence electrons. The Labute approximate surface area is 61.5 Å². The first-order valence-electron chi connectivity index (χ1n) is 2.08. The fraction of sp³-hybridized carbons (Fsp3) is 0.500. The molecule has 0 heterocycles. The summed E-state index contributed by atoms with van der Waals surface area (Å²) in [6.45, 7) is 2.74. The Bertz CT molecular complexity index is 109. The fourth-order valence-corrected chi connectivity index (χ4v) is 0.222. The minimum atomic E-state index is -0.185. The van der Waals surface area contributed by atoms with Crippen molar-refractivity contribution in [3.05, 3.63) is 0 Å². The second-order valence-corrected chi connectivity index (χ2v) is 2.65. The van der Waals surface area contributed by atoms with Gasteiger partial charge in [0, 0.05) is 0 Å². The summed E-state index contributed by atoms with van der Waals surface area (Å²) in [6, 6.07) is 0. The number of imide groups is 1. The van der Waals surface area contributed by atoms with Crippen molar-refractivity contribution in [3.63, 3.8) is 0 Å². The van der Waals surface area contributed by atoms with Crippen LogP contribution in [0.3, 0.4) is 0 Å². The minimum absolute atomic E-state index is 0.185. The van der Waals surface area contributed by atoms with E-state index in [0.29, 0.717) is 0 Å². The maximum atomic E-state index is 10.3. The van der Waals surface area contributed by atoms with Crippen LogP contribution in [0.4, 0.5) is 0 Å². The average molecular weight is 219 g/mol. The summed E-state index contributed by atoms with van der Waals surface area (Å²) in [4.78, 5) is 20.6. The van der Waals surface area contributed by atoms with Gasteiger partial charge in [-0.2, -0.15) is 0 Å². The molecule has 2 amide bonds. The maximum absolute atomic E-state index is 10.3. The number of carbonyl (C=O) groups is 2. The van der Waals surface area contributed by atoms with Gasteiger partial charge in [0.2, 0.25) is 0 Å². The molecule has 0 saturated heterocycles. The summed E-state index contributed by atoms with van der Waals surface area (Å²) in [5, 5.41) is 0. The van der Waals surface area contributed by atoms with Crippen LogP contribution in [0.25, 0.3) is 0 Å². The number of carbonyl (C=O) groups excluding carboxylic acids is 2. The summed E-state index contributed by atoms with van der Waals surface area (Å²) >= 11 is 0.829. The second-order valence-electron chi connectivity index (χ2n) is 1.37. The first-order valence-corrected chi connectivity index (χ1v) is 3.36. The molecule has 0 aromatic rings. The summed E-state index contributed by atoms with van der Waals surface area (Å²) in [5.74, 6) is -0.369. The molecule has 0 aliphatic rings. The van der Waals surface area contributed by atoms with E-state index in [0.717, 1.165) is 25.9 Å². The third-order valence-corrected chi connectivity index (χ3v) is 2.43. The second kappa shape index (κ2) is 3.06. The molecule has 0 aromatic heterocycles. The molecular weight excluding hydrogens is 213 g/mol. The Kier molecular flexibility index (Phi) is 3.04. The van der Waals surface area contributed by atoms with Gasteiger partial charge in [0.05, 0.1) is 0 Å². The van der Waals surface area contributed by atoms with Crippen LogP contribution in [0.15, 0.2) is 0 Å². The summed E-state index contributed by atoms with van der Waals surface area (Å²) in [6.07, 6.45) is 0. The number of hydrogen-bond donors (Lipinski definition) is 0. The van der Waals surface area contributed by atoms with Gasteiger partial charge in [0.1, 0.15) is 0 Å². The number of nitrogens with zero attached hydrogens (tertiary/aromatic N) is 1. The predicted octanol–water partition coefficient (Wildman–Crippen LogP) is -0.535. The van der Waals surface area contributed by atoms with Crippen molar-refractivity contribution < 1.29 is 9.59 Å². The van der Waals surface area contributed by atoms with Crippen LogP contribution in [-0.4, -0.2) is 37.7 Å². The summed E-state index contributed by atoms with van der Waals surface area (Å²) in [7, 11) is 0. The zero-order valence-electron chi connectivity index (χ0n) is 4.76. The Hall–Kier alpha value is -0.0613. The SMILES string of the molecule is CC(=O)[N]([Sn])C(C)=O. The van der Waals surface area contributed by atoms with Crippen LogP contribution in [-0.2, 0) is 9.59 Å². The number of amides is 2. The van der Waals surface area contributed by atoms with Gasteiger partial charge in [0.25, 0.3) is 0 Å². The van der Waals surface area contributed by atoms with Crippen LogP contribution in [0.2, 0.25) is 0 Å². The molecule has 4 heteroatoms. The Morgan fingerprint density at radius 3 is 1.50 bits per heavy atom. The molecule has 0 bridgehead atoms. The molecule has 0 N–H and O–H groups in total. The van der Waals surface area contributed by atoms with Crippen molar-refractivity contribution in [1.29, 1.82) is 0 Å². The van der Waals surface area contributed by atoms with E-state index >= 15 is 0 Å². The average Bonchev–Trinajstić information content (AvgIpc) is 1.64. The van der Waals surface area contributed by atoms with E-state index in [1.807, 2.05) is 0 Å². The molecule has 3 nitrogen and oxygen atoms in total. The van der Waals surface area contributed by atoms with E-state index in [9.17, 15) is 9.59 Å². The first-order chi connectivity index (χ1) is 3.55. The van der Waals surface area contributed by atoms with Crippen LogP contribution in [0.1, 0.15) is 13.8 Å².